The van der Waals surface area contributed by atoms with E-state index >= 15 is 0 Å². The van der Waals surface area contributed by atoms with Gasteiger partial charge in [0.05, 0.1) is 4.47 Å². The zero-order valence-corrected chi connectivity index (χ0v) is 14.4. The highest BCUT2D eigenvalue weighted by molar-refractivity contribution is 14.1. The summed E-state index contributed by atoms with van der Waals surface area (Å²) in [6.07, 6.45) is 0. The van der Waals surface area contributed by atoms with E-state index in [0.29, 0.717) is 4.47 Å². The van der Waals surface area contributed by atoms with Gasteiger partial charge < -0.3 is 5.32 Å². The second-order valence-electron chi connectivity index (χ2n) is 4.50. The van der Waals surface area contributed by atoms with Gasteiger partial charge in [-0.05, 0) is 87.8 Å². The summed E-state index contributed by atoms with van der Waals surface area (Å²) in [5, 5.41) is 3.41. The average molecular weight is 434 g/mol. The fraction of sp³-hybridized carbons (Fsp3) is 0.200. The summed E-state index contributed by atoms with van der Waals surface area (Å²) in [5.41, 5.74) is 3.05. The summed E-state index contributed by atoms with van der Waals surface area (Å²) >= 11 is 5.51. The molecule has 1 nitrogen and oxygen atoms in total. The molecule has 0 aliphatic carbocycles. The predicted octanol–water partition coefficient (Wildman–Crippen LogP) is 5.67. The monoisotopic (exact) mass is 433 g/mol. The quantitative estimate of drug-likeness (QED) is 0.614. The zero-order valence-electron chi connectivity index (χ0n) is 10.7. The molecule has 0 aliphatic rings. The molecule has 0 saturated heterocycles. The van der Waals surface area contributed by atoms with Crippen molar-refractivity contribution >= 4 is 44.2 Å². The number of halogens is 3. The van der Waals surface area contributed by atoms with Crippen LogP contribution < -0.4 is 5.32 Å². The Balaban J connectivity index is 2.21. The van der Waals surface area contributed by atoms with Gasteiger partial charge in [-0.1, -0.05) is 12.1 Å². The van der Waals surface area contributed by atoms with Crippen molar-refractivity contribution < 1.29 is 4.39 Å². The number of hydrogen-bond donors (Lipinski definition) is 1. The van der Waals surface area contributed by atoms with Crippen molar-refractivity contribution in [2.45, 2.75) is 19.9 Å². The molecule has 0 spiro atoms. The zero-order chi connectivity index (χ0) is 14.0. The van der Waals surface area contributed by atoms with Crippen LogP contribution in [0.1, 0.15) is 24.1 Å². The van der Waals surface area contributed by atoms with Crippen LogP contribution in [0.2, 0.25) is 0 Å². The Labute approximate surface area is 134 Å². The first-order chi connectivity index (χ1) is 8.97. The van der Waals surface area contributed by atoms with Crippen LogP contribution in [0.5, 0.6) is 0 Å². The van der Waals surface area contributed by atoms with E-state index in [-0.39, 0.29) is 11.9 Å². The molecule has 0 bridgehead atoms. The fourth-order valence-corrected chi connectivity index (χ4v) is 2.57. The van der Waals surface area contributed by atoms with Gasteiger partial charge in [0, 0.05) is 15.3 Å². The normalized spacial score (nSPS) is 12.3. The summed E-state index contributed by atoms with van der Waals surface area (Å²) in [6, 6.07) is 11.9. The summed E-state index contributed by atoms with van der Waals surface area (Å²) in [4.78, 5) is 0. The molecule has 0 heterocycles. The maximum atomic E-state index is 13.4. The highest BCUT2D eigenvalue weighted by Gasteiger charge is 2.09. The number of aryl methyl sites for hydroxylation is 1. The highest BCUT2D eigenvalue weighted by Crippen LogP contribution is 2.27. The summed E-state index contributed by atoms with van der Waals surface area (Å²) in [6.45, 7) is 4.00. The third-order valence-electron chi connectivity index (χ3n) is 3.01. The maximum Gasteiger partial charge on any atom is 0.137 e. The van der Waals surface area contributed by atoms with E-state index < -0.39 is 0 Å². The number of nitrogens with one attached hydrogen (secondary N) is 1. The average Bonchev–Trinajstić information content (AvgIpc) is 2.36. The van der Waals surface area contributed by atoms with Crippen molar-refractivity contribution in [1.29, 1.82) is 0 Å². The SMILES string of the molecule is Cc1cc(F)c(Br)cc1NC(C)c1ccc(I)cc1. The van der Waals surface area contributed by atoms with Crippen LogP contribution in [0.4, 0.5) is 10.1 Å². The predicted molar refractivity (Wildman–Crippen MR) is 90.0 cm³/mol. The molecule has 2 aromatic rings. The molecule has 0 radical (unpaired) electrons. The lowest BCUT2D eigenvalue weighted by Gasteiger charge is -2.18. The molecule has 0 fully saturated rings. The lowest BCUT2D eigenvalue weighted by atomic mass is 10.1. The van der Waals surface area contributed by atoms with Crippen molar-refractivity contribution in [3.8, 4) is 0 Å². The first kappa shape index (κ1) is 14.8. The van der Waals surface area contributed by atoms with Crippen LogP contribution in [-0.4, -0.2) is 0 Å². The Bertz CT molecular complexity index is 583. The smallest absolute Gasteiger partial charge is 0.137 e. The van der Waals surface area contributed by atoms with Crippen molar-refractivity contribution in [3.05, 3.63) is 61.4 Å². The van der Waals surface area contributed by atoms with Crippen LogP contribution in [0.3, 0.4) is 0 Å². The molecule has 1 unspecified atom stereocenters. The fourth-order valence-electron chi connectivity index (χ4n) is 1.87. The molecule has 0 saturated carbocycles. The Kier molecular flexibility index (Phi) is 4.84. The van der Waals surface area contributed by atoms with Gasteiger partial charge in [-0.15, -0.1) is 0 Å². The Morgan fingerprint density at radius 3 is 2.47 bits per heavy atom. The highest BCUT2D eigenvalue weighted by atomic mass is 127. The molecule has 2 aromatic carbocycles. The summed E-state index contributed by atoms with van der Waals surface area (Å²) in [7, 11) is 0. The van der Waals surface area contributed by atoms with Crippen LogP contribution in [-0.2, 0) is 0 Å². The van der Waals surface area contributed by atoms with Crippen molar-refractivity contribution in [1.82, 2.24) is 0 Å². The minimum Gasteiger partial charge on any atom is -0.378 e. The van der Waals surface area contributed by atoms with Crippen LogP contribution in [0.25, 0.3) is 0 Å². The lowest BCUT2D eigenvalue weighted by molar-refractivity contribution is 0.620. The third kappa shape index (κ3) is 3.69. The Morgan fingerprint density at radius 1 is 1.21 bits per heavy atom. The molecule has 1 atom stereocenters. The first-order valence-electron chi connectivity index (χ1n) is 5.95. The van der Waals surface area contributed by atoms with E-state index in [4.69, 9.17) is 0 Å². The molecule has 2 rings (SSSR count). The number of rotatable bonds is 3. The molecular weight excluding hydrogens is 420 g/mol. The van der Waals surface area contributed by atoms with E-state index in [2.05, 4.69) is 75.0 Å². The molecule has 0 aliphatic heterocycles. The van der Waals surface area contributed by atoms with Gasteiger partial charge >= 0.3 is 0 Å². The second kappa shape index (κ2) is 6.22. The standard InChI is InChI=1S/C15H14BrFIN/c1-9-7-14(17)13(16)8-15(9)19-10(2)11-3-5-12(18)6-4-11/h3-8,10,19H,1-2H3. The van der Waals surface area contributed by atoms with E-state index in [9.17, 15) is 4.39 Å². The molecular formula is C15H14BrFIN. The largest absolute Gasteiger partial charge is 0.378 e. The topological polar surface area (TPSA) is 12.0 Å². The van der Waals surface area contributed by atoms with Gasteiger partial charge in [-0.3, -0.25) is 0 Å². The molecule has 100 valence electrons. The van der Waals surface area contributed by atoms with E-state index in [0.717, 1.165) is 11.3 Å². The van der Waals surface area contributed by atoms with Crippen molar-refractivity contribution in [2.75, 3.05) is 5.32 Å². The van der Waals surface area contributed by atoms with Crippen LogP contribution >= 0.6 is 38.5 Å². The van der Waals surface area contributed by atoms with E-state index in [1.807, 2.05) is 6.92 Å². The molecule has 1 N–H and O–H groups in total. The van der Waals surface area contributed by atoms with E-state index in [1.54, 1.807) is 6.07 Å². The Morgan fingerprint density at radius 2 is 1.84 bits per heavy atom. The summed E-state index contributed by atoms with van der Waals surface area (Å²) < 4.78 is 15.1. The van der Waals surface area contributed by atoms with Crippen molar-refractivity contribution in [2.24, 2.45) is 0 Å². The maximum absolute atomic E-state index is 13.4. The van der Waals surface area contributed by atoms with Gasteiger partial charge in [-0.2, -0.15) is 0 Å². The van der Waals surface area contributed by atoms with Gasteiger partial charge in [0.2, 0.25) is 0 Å². The van der Waals surface area contributed by atoms with Crippen LogP contribution in [0, 0.1) is 16.3 Å². The molecule has 0 aromatic heterocycles. The van der Waals surface area contributed by atoms with Gasteiger partial charge in [0.15, 0.2) is 0 Å². The molecule has 0 amide bonds. The Hall–Kier alpha value is -0.620. The summed E-state index contributed by atoms with van der Waals surface area (Å²) in [5.74, 6) is -0.232. The van der Waals surface area contributed by atoms with Gasteiger partial charge in [0.1, 0.15) is 5.82 Å². The molecule has 19 heavy (non-hydrogen) atoms. The van der Waals surface area contributed by atoms with Gasteiger partial charge in [-0.25, -0.2) is 4.39 Å². The third-order valence-corrected chi connectivity index (χ3v) is 4.34. The minimum absolute atomic E-state index is 0.174. The lowest BCUT2D eigenvalue weighted by Crippen LogP contribution is -2.08. The first-order valence-corrected chi connectivity index (χ1v) is 7.82. The minimum atomic E-state index is -0.232. The number of anilines is 1. The number of hydrogen-bond acceptors (Lipinski definition) is 1. The van der Waals surface area contributed by atoms with Gasteiger partial charge in [0.25, 0.3) is 0 Å². The van der Waals surface area contributed by atoms with E-state index in [1.165, 1.54) is 15.2 Å². The second-order valence-corrected chi connectivity index (χ2v) is 6.60. The molecule has 4 heteroatoms. The van der Waals surface area contributed by atoms with Crippen LogP contribution in [0.15, 0.2) is 40.9 Å². The number of benzene rings is 2. The van der Waals surface area contributed by atoms with Crippen molar-refractivity contribution in [3.63, 3.8) is 0 Å².